The van der Waals surface area contributed by atoms with E-state index in [2.05, 4.69) is 10.6 Å². The van der Waals surface area contributed by atoms with E-state index in [1.165, 1.54) is 0 Å². The molecule has 3 N–H and O–H groups in total. The van der Waals surface area contributed by atoms with Crippen molar-refractivity contribution in [1.82, 2.24) is 10.6 Å². The van der Waals surface area contributed by atoms with Gasteiger partial charge in [-0.1, -0.05) is 6.92 Å². The molecule has 0 aliphatic carbocycles. The Bertz CT molecular complexity index is 199. The van der Waals surface area contributed by atoms with Crippen LogP contribution < -0.4 is 10.6 Å². The second-order valence-corrected chi connectivity index (χ2v) is 5.12. The normalized spacial score (nSPS) is 15.9. The SMILES string of the molecule is CC(CO)C(C)NC(=O)CNC(C)(C)C. The molecule has 1 amide bonds. The molecule has 4 heteroatoms. The van der Waals surface area contributed by atoms with Gasteiger partial charge in [-0.05, 0) is 33.6 Å². The van der Waals surface area contributed by atoms with Crippen molar-refractivity contribution in [3.05, 3.63) is 0 Å². The van der Waals surface area contributed by atoms with Gasteiger partial charge in [-0.3, -0.25) is 4.79 Å². The minimum absolute atomic E-state index is 0.00395. The van der Waals surface area contributed by atoms with E-state index in [0.717, 1.165) is 0 Å². The number of aliphatic hydroxyl groups is 1. The van der Waals surface area contributed by atoms with E-state index in [0.29, 0.717) is 6.54 Å². The van der Waals surface area contributed by atoms with Crippen LogP contribution in [0.2, 0.25) is 0 Å². The highest BCUT2D eigenvalue weighted by atomic mass is 16.3. The molecule has 0 fully saturated rings. The third-order valence-electron chi connectivity index (χ3n) is 2.31. The van der Waals surface area contributed by atoms with Crippen molar-refractivity contribution < 1.29 is 9.90 Å². The molecular weight excluding hydrogens is 192 g/mol. The summed E-state index contributed by atoms with van der Waals surface area (Å²) in [7, 11) is 0. The second-order valence-electron chi connectivity index (χ2n) is 5.12. The molecule has 0 aromatic heterocycles. The minimum Gasteiger partial charge on any atom is -0.396 e. The number of carbonyl (C=O) groups is 1. The minimum atomic E-state index is -0.0524. The third-order valence-corrected chi connectivity index (χ3v) is 2.31. The quantitative estimate of drug-likeness (QED) is 0.627. The number of hydrogen-bond acceptors (Lipinski definition) is 3. The monoisotopic (exact) mass is 216 g/mol. The molecule has 0 aliphatic heterocycles. The summed E-state index contributed by atoms with van der Waals surface area (Å²) in [5, 5.41) is 14.9. The zero-order valence-electron chi connectivity index (χ0n) is 10.4. The first-order valence-electron chi connectivity index (χ1n) is 5.41. The van der Waals surface area contributed by atoms with E-state index in [1.807, 2.05) is 34.6 Å². The van der Waals surface area contributed by atoms with Gasteiger partial charge >= 0.3 is 0 Å². The smallest absolute Gasteiger partial charge is 0.234 e. The standard InChI is InChI=1S/C11H24N2O2/c1-8(7-14)9(2)13-10(15)6-12-11(3,4)5/h8-9,12,14H,6-7H2,1-5H3,(H,13,15). The van der Waals surface area contributed by atoms with Crippen molar-refractivity contribution in [3.63, 3.8) is 0 Å². The van der Waals surface area contributed by atoms with Gasteiger partial charge in [-0.2, -0.15) is 0 Å². The Morgan fingerprint density at radius 2 is 1.87 bits per heavy atom. The van der Waals surface area contributed by atoms with E-state index < -0.39 is 0 Å². The summed E-state index contributed by atoms with van der Waals surface area (Å²) in [5.41, 5.74) is -0.0524. The van der Waals surface area contributed by atoms with Crippen molar-refractivity contribution in [2.75, 3.05) is 13.2 Å². The first-order chi connectivity index (χ1) is 6.76. The lowest BCUT2D eigenvalue weighted by molar-refractivity contribution is -0.121. The summed E-state index contributed by atoms with van der Waals surface area (Å²) in [6.45, 7) is 10.2. The van der Waals surface area contributed by atoms with Gasteiger partial charge in [0, 0.05) is 18.2 Å². The van der Waals surface area contributed by atoms with Crippen LogP contribution in [0.4, 0.5) is 0 Å². The third kappa shape index (κ3) is 7.33. The van der Waals surface area contributed by atoms with Crippen LogP contribution in [0.5, 0.6) is 0 Å². The first-order valence-corrected chi connectivity index (χ1v) is 5.41. The second kappa shape index (κ2) is 6.08. The van der Waals surface area contributed by atoms with Crippen LogP contribution >= 0.6 is 0 Å². The van der Waals surface area contributed by atoms with Crippen molar-refractivity contribution in [3.8, 4) is 0 Å². The van der Waals surface area contributed by atoms with Gasteiger partial charge in [-0.25, -0.2) is 0 Å². The summed E-state index contributed by atoms with van der Waals surface area (Å²) in [6, 6.07) is 0.00395. The van der Waals surface area contributed by atoms with Crippen molar-refractivity contribution in [1.29, 1.82) is 0 Å². The fourth-order valence-corrected chi connectivity index (χ4v) is 0.951. The zero-order valence-corrected chi connectivity index (χ0v) is 10.4. The lowest BCUT2D eigenvalue weighted by Crippen LogP contribution is -2.47. The van der Waals surface area contributed by atoms with Gasteiger partial charge in [0.25, 0.3) is 0 Å². The fourth-order valence-electron chi connectivity index (χ4n) is 0.951. The van der Waals surface area contributed by atoms with Crippen LogP contribution in [0.25, 0.3) is 0 Å². The van der Waals surface area contributed by atoms with Gasteiger partial charge in [0.1, 0.15) is 0 Å². The maximum atomic E-state index is 11.5. The van der Waals surface area contributed by atoms with Gasteiger partial charge in [0.05, 0.1) is 6.54 Å². The van der Waals surface area contributed by atoms with Crippen LogP contribution in [0.15, 0.2) is 0 Å². The Labute approximate surface area is 92.4 Å². The van der Waals surface area contributed by atoms with Crippen LogP contribution in [-0.4, -0.2) is 35.7 Å². The predicted octanol–water partition coefficient (Wildman–Crippen LogP) is 0.508. The van der Waals surface area contributed by atoms with Crippen LogP contribution in [0.3, 0.4) is 0 Å². The highest BCUT2D eigenvalue weighted by Crippen LogP contribution is 2.00. The molecule has 2 atom stereocenters. The number of carbonyl (C=O) groups excluding carboxylic acids is 1. The molecule has 2 unspecified atom stereocenters. The summed E-state index contributed by atoms with van der Waals surface area (Å²) in [4.78, 5) is 11.5. The predicted molar refractivity (Wildman–Crippen MR) is 61.6 cm³/mol. The summed E-state index contributed by atoms with van der Waals surface area (Å²) >= 11 is 0. The topological polar surface area (TPSA) is 61.4 Å². The first kappa shape index (κ1) is 14.4. The molecule has 4 nitrogen and oxygen atoms in total. The van der Waals surface area contributed by atoms with Gasteiger partial charge in [0.2, 0.25) is 5.91 Å². The Morgan fingerprint density at radius 3 is 2.27 bits per heavy atom. The fraction of sp³-hybridized carbons (Fsp3) is 0.909. The molecule has 0 aromatic carbocycles. The largest absolute Gasteiger partial charge is 0.396 e. The van der Waals surface area contributed by atoms with E-state index in [9.17, 15) is 4.79 Å². The molecule has 0 saturated carbocycles. The van der Waals surface area contributed by atoms with Gasteiger partial charge in [0.15, 0.2) is 0 Å². The number of rotatable bonds is 5. The highest BCUT2D eigenvalue weighted by molar-refractivity contribution is 5.78. The molecule has 90 valence electrons. The Balaban J connectivity index is 3.84. The number of nitrogens with one attached hydrogen (secondary N) is 2. The van der Waals surface area contributed by atoms with Crippen molar-refractivity contribution in [2.24, 2.45) is 5.92 Å². The molecule has 15 heavy (non-hydrogen) atoms. The molecule has 0 aliphatic rings. The highest BCUT2D eigenvalue weighted by Gasteiger charge is 2.15. The maximum Gasteiger partial charge on any atom is 0.234 e. The molecular formula is C11H24N2O2. The molecule has 0 spiro atoms. The molecule has 0 rings (SSSR count). The van der Waals surface area contributed by atoms with Crippen molar-refractivity contribution in [2.45, 2.75) is 46.2 Å². The number of hydrogen-bond donors (Lipinski definition) is 3. The van der Waals surface area contributed by atoms with Crippen LogP contribution in [-0.2, 0) is 4.79 Å². The Kier molecular flexibility index (Phi) is 5.83. The van der Waals surface area contributed by atoms with Crippen LogP contribution in [0.1, 0.15) is 34.6 Å². The lowest BCUT2D eigenvalue weighted by atomic mass is 10.1. The molecule has 0 bridgehead atoms. The Morgan fingerprint density at radius 1 is 1.33 bits per heavy atom. The van der Waals surface area contributed by atoms with E-state index in [4.69, 9.17) is 5.11 Å². The van der Waals surface area contributed by atoms with E-state index >= 15 is 0 Å². The number of aliphatic hydroxyl groups excluding tert-OH is 1. The summed E-state index contributed by atoms with van der Waals surface area (Å²) in [6.07, 6.45) is 0. The summed E-state index contributed by atoms with van der Waals surface area (Å²) < 4.78 is 0. The summed E-state index contributed by atoms with van der Waals surface area (Å²) in [5.74, 6) is 0.0568. The molecule has 0 heterocycles. The van der Waals surface area contributed by atoms with E-state index in [-0.39, 0.29) is 30.0 Å². The van der Waals surface area contributed by atoms with Gasteiger partial charge < -0.3 is 15.7 Å². The maximum absolute atomic E-state index is 11.5. The average molecular weight is 216 g/mol. The molecule has 0 saturated heterocycles. The average Bonchev–Trinajstić information content (AvgIpc) is 2.12. The number of amides is 1. The van der Waals surface area contributed by atoms with Gasteiger partial charge in [-0.15, -0.1) is 0 Å². The lowest BCUT2D eigenvalue weighted by Gasteiger charge is -2.23. The molecule has 0 aromatic rings. The Hall–Kier alpha value is -0.610. The van der Waals surface area contributed by atoms with E-state index in [1.54, 1.807) is 0 Å². The van der Waals surface area contributed by atoms with Crippen molar-refractivity contribution >= 4 is 5.91 Å². The zero-order chi connectivity index (χ0) is 12.1. The molecule has 0 radical (unpaired) electrons. The van der Waals surface area contributed by atoms with Crippen LogP contribution in [0, 0.1) is 5.92 Å².